The molecule has 0 aliphatic heterocycles. The quantitative estimate of drug-likeness (QED) is 0.847. The van der Waals surface area contributed by atoms with E-state index in [4.69, 9.17) is 13.9 Å². The Morgan fingerprint density at radius 1 is 1.14 bits per heavy atom. The first-order chi connectivity index (χ1) is 10.6. The Morgan fingerprint density at radius 2 is 1.91 bits per heavy atom. The summed E-state index contributed by atoms with van der Waals surface area (Å²) in [6, 6.07) is 8.09. The van der Waals surface area contributed by atoms with Crippen molar-refractivity contribution >= 4 is 17.5 Å². The van der Waals surface area contributed by atoms with Crippen LogP contribution in [0.15, 0.2) is 41.0 Å². The number of nitrogens with one attached hydrogen (secondary N) is 2. The van der Waals surface area contributed by atoms with E-state index in [9.17, 15) is 9.59 Å². The van der Waals surface area contributed by atoms with Gasteiger partial charge in [0.2, 0.25) is 5.91 Å². The molecule has 0 unspecified atom stereocenters. The summed E-state index contributed by atoms with van der Waals surface area (Å²) in [5, 5.41) is 5.10. The van der Waals surface area contributed by atoms with E-state index in [-0.39, 0.29) is 18.2 Å². The van der Waals surface area contributed by atoms with Gasteiger partial charge in [0.05, 0.1) is 27.0 Å². The van der Waals surface area contributed by atoms with Crippen LogP contribution in [-0.4, -0.2) is 32.6 Å². The van der Waals surface area contributed by atoms with Gasteiger partial charge in [0.25, 0.3) is 5.91 Å². The fourth-order valence-corrected chi connectivity index (χ4v) is 1.77. The summed E-state index contributed by atoms with van der Waals surface area (Å²) in [5.41, 5.74) is 0.537. The predicted molar refractivity (Wildman–Crippen MR) is 79.2 cm³/mol. The van der Waals surface area contributed by atoms with Gasteiger partial charge in [-0.3, -0.25) is 9.59 Å². The van der Waals surface area contributed by atoms with Crippen LogP contribution in [0, 0.1) is 0 Å². The topological polar surface area (TPSA) is 89.8 Å². The average Bonchev–Trinajstić information content (AvgIpc) is 3.07. The van der Waals surface area contributed by atoms with Gasteiger partial charge in [0, 0.05) is 11.8 Å². The molecule has 0 fully saturated rings. The lowest BCUT2D eigenvalue weighted by Gasteiger charge is -2.10. The molecule has 2 aromatic rings. The molecule has 0 aliphatic rings. The van der Waals surface area contributed by atoms with Crippen molar-refractivity contribution in [2.75, 3.05) is 26.1 Å². The van der Waals surface area contributed by atoms with E-state index in [1.807, 2.05) is 0 Å². The van der Waals surface area contributed by atoms with Gasteiger partial charge in [-0.05, 0) is 24.3 Å². The molecule has 0 aliphatic carbocycles. The van der Waals surface area contributed by atoms with Gasteiger partial charge in [-0.15, -0.1) is 0 Å². The van der Waals surface area contributed by atoms with Gasteiger partial charge in [0.1, 0.15) is 0 Å². The highest BCUT2D eigenvalue weighted by molar-refractivity contribution is 5.98. The summed E-state index contributed by atoms with van der Waals surface area (Å²) in [6.07, 6.45) is 1.39. The third kappa shape index (κ3) is 3.78. The second kappa shape index (κ2) is 7.16. The van der Waals surface area contributed by atoms with E-state index in [1.165, 1.54) is 26.5 Å². The van der Waals surface area contributed by atoms with E-state index in [2.05, 4.69) is 10.6 Å². The molecule has 2 rings (SSSR count). The minimum Gasteiger partial charge on any atom is -0.493 e. The molecule has 0 spiro atoms. The molecule has 2 N–H and O–H groups in total. The van der Waals surface area contributed by atoms with Crippen molar-refractivity contribution in [2.45, 2.75) is 0 Å². The van der Waals surface area contributed by atoms with Gasteiger partial charge < -0.3 is 24.5 Å². The average molecular weight is 304 g/mol. The molecule has 22 heavy (non-hydrogen) atoms. The first-order valence-electron chi connectivity index (χ1n) is 6.47. The smallest absolute Gasteiger partial charge is 0.287 e. The molecule has 0 saturated carbocycles. The Labute approximate surface area is 127 Å². The number of ether oxygens (including phenoxy) is 2. The van der Waals surface area contributed by atoms with Crippen molar-refractivity contribution in [3.05, 3.63) is 42.4 Å². The van der Waals surface area contributed by atoms with Crippen molar-refractivity contribution in [1.29, 1.82) is 0 Å². The normalized spacial score (nSPS) is 9.91. The SMILES string of the molecule is COc1ccc(NC(=O)CNC(=O)c2ccco2)cc1OC. The molecular weight excluding hydrogens is 288 g/mol. The number of anilines is 1. The fraction of sp³-hybridized carbons (Fsp3) is 0.200. The number of methoxy groups -OCH3 is 2. The van der Waals surface area contributed by atoms with Crippen molar-refractivity contribution in [2.24, 2.45) is 0 Å². The molecule has 116 valence electrons. The van der Waals surface area contributed by atoms with Crippen LogP contribution in [0.5, 0.6) is 11.5 Å². The Balaban J connectivity index is 1.90. The van der Waals surface area contributed by atoms with Crippen LogP contribution in [0.3, 0.4) is 0 Å². The summed E-state index contributed by atoms with van der Waals surface area (Å²) >= 11 is 0. The Hall–Kier alpha value is -2.96. The largest absolute Gasteiger partial charge is 0.493 e. The number of rotatable bonds is 6. The molecule has 1 heterocycles. The monoisotopic (exact) mass is 304 g/mol. The zero-order valence-electron chi connectivity index (χ0n) is 12.2. The van der Waals surface area contributed by atoms with E-state index >= 15 is 0 Å². The molecule has 1 aromatic carbocycles. The molecule has 2 amide bonds. The Kier molecular flexibility index (Phi) is 5.02. The van der Waals surface area contributed by atoms with E-state index in [0.717, 1.165) is 0 Å². The molecule has 0 bridgehead atoms. The first-order valence-corrected chi connectivity index (χ1v) is 6.47. The number of benzene rings is 1. The number of amides is 2. The van der Waals surface area contributed by atoms with Gasteiger partial charge in [-0.2, -0.15) is 0 Å². The zero-order chi connectivity index (χ0) is 15.9. The van der Waals surface area contributed by atoms with Crippen LogP contribution in [0.4, 0.5) is 5.69 Å². The summed E-state index contributed by atoms with van der Waals surface area (Å²) in [4.78, 5) is 23.4. The van der Waals surface area contributed by atoms with Crippen LogP contribution in [-0.2, 0) is 4.79 Å². The van der Waals surface area contributed by atoms with E-state index in [0.29, 0.717) is 17.2 Å². The number of hydrogen-bond acceptors (Lipinski definition) is 5. The molecular formula is C15H16N2O5. The zero-order valence-corrected chi connectivity index (χ0v) is 12.2. The third-order valence-electron chi connectivity index (χ3n) is 2.82. The highest BCUT2D eigenvalue weighted by Gasteiger charge is 2.11. The number of carbonyl (C=O) groups excluding carboxylic acids is 2. The number of hydrogen-bond donors (Lipinski definition) is 2. The molecule has 7 nitrogen and oxygen atoms in total. The lowest BCUT2D eigenvalue weighted by molar-refractivity contribution is -0.115. The second-order valence-corrected chi connectivity index (χ2v) is 4.28. The predicted octanol–water partition coefficient (Wildman–Crippen LogP) is 1.67. The summed E-state index contributed by atoms with van der Waals surface area (Å²) in [6.45, 7) is -0.173. The highest BCUT2D eigenvalue weighted by atomic mass is 16.5. The lowest BCUT2D eigenvalue weighted by Crippen LogP contribution is -2.32. The van der Waals surface area contributed by atoms with Gasteiger partial charge in [0.15, 0.2) is 17.3 Å². The van der Waals surface area contributed by atoms with Gasteiger partial charge >= 0.3 is 0 Å². The van der Waals surface area contributed by atoms with Crippen LogP contribution < -0.4 is 20.1 Å². The summed E-state index contributed by atoms with van der Waals surface area (Å²) < 4.78 is 15.2. The molecule has 0 atom stereocenters. The maximum Gasteiger partial charge on any atom is 0.287 e. The van der Waals surface area contributed by atoms with Crippen LogP contribution >= 0.6 is 0 Å². The third-order valence-corrected chi connectivity index (χ3v) is 2.82. The molecule has 0 saturated heterocycles. The summed E-state index contributed by atoms with van der Waals surface area (Å²) in [5.74, 6) is 0.394. The van der Waals surface area contributed by atoms with Crippen molar-refractivity contribution in [3.63, 3.8) is 0 Å². The lowest BCUT2D eigenvalue weighted by atomic mass is 10.2. The van der Waals surface area contributed by atoms with Gasteiger partial charge in [-0.1, -0.05) is 0 Å². The Morgan fingerprint density at radius 3 is 2.55 bits per heavy atom. The number of furan rings is 1. The maximum absolute atomic E-state index is 11.8. The highest BCUT2D eigenvalue weighted by Crippen LogP contribution is 2.29. The number of carbonyl (C=O) groups is 2. The van der Waals surface area contributed by atoms with Crippen molar-refractivity contribution in [1.82, 2.24) is 5.32 Å². The maximum atomic E-state index is 11.8. The van der Waals surface area contributed by atoms with Crippen LogP contribution in [0.25, 0.3) is 0 Å². The summed E-state index contributed by atoms with van der Waals surface area (Å²) in [7, 11) is 3.04. The van der Waals surface area contributed by atoms with E-state index in [1.54, 1.807) is 24.3 Å². The first kappa shape index (κ1) is 15.4. The van der Waals surface area contributed by atoms with Crippen LogP contribution in [0.2, 0.25) is 0 Å². The van der Waals surface area contributed by atoms with Gasteiger partial charge in [-0.25, -0.2) is 0 Å². The molecule has 1 aromatic heterocycles. The standard InChI is InChI=1S/C15H16N2O5/c1-20-11-6-5-10(8-13(11)21-2)17-14(18)9-16-15(19)12-4-3-7-22-12/h3-8H,9H2,1-2H3,(H,16,19)(H,17,18). The second-order valence-electron chi connectivity index (χ2n) is 4.28. The van der Waals surface area contributed by atoms with E-state index < -0.39 is 5.91 Å². The Bertz CT molecular complexity index is 652. The fourth-order valence-electron chi connectivity index (χ4n) is 1.77. The molecule has 0 radical (unpaired) electrons. The minimum atomic E-state index is -0.451. The van der Waals surface area contributed by atoms with Crippen molar-refractivity contribution in [3.8, 4) is 11.5 Å². The molecule has 7 heteroatoms. The van der Waals surface area contributed by atoms with Crippen molar-refractivity contribution < 1.29 is 23.5 Å². The minimum absolute atomic E-state index is 0.152. The van der Waals surface area contributed by atoms with Crippen LogP contribution in [0.1, 0.15) is 10.6 Å².